The van der Waals surface area contributed by atoms with Crippen LogP contribution in [0.25, 0.3) is 22.4 Å². The number of methoxy groups -OCH3 is 1. The van der Waals surface area contributed by atoms with E-state index in [1.807, 2.05) is 30.7 Å². The Morgan fingerprint density at radius 3 is 2.77 bits per heavy atom. The predicted octanol–water partition coefficient (Wildman–Crippen LogP) is 4.57. The number of aromatic nitrogens is 4. The van der Waals surface area contributed by atoms with Crippen molar-refractivity contribution in [3.05, 3.63) is 70.5 Å². The van der Waals surface area contributed by atoms with Gasteiger partial charge in [0.2, 0.25) is 0 Å². The highest BCUT2D eigenvalue weighted by Gasteiger charge is 2.19. The number of ether oxygens (including phenoxy) is 1. The minimum absolute atomic E-state index is 0.0370. The summed E-state index contributed by atoms with van der Waals surface area (Å²) < 4.78 is 21.5. The van der Waals surface area contributed by atoms with E-state index in [9.17, 15) is 9.18 Å². The maximum absolute atomic E-state index is 14.4. The van der Waals surface area contributed by atoms with Crippen molar-refractivity contribution in [2.45, 2.75) is 13.3 Å². The topological polar surface area (TPSA) is 69.9 Å². The van der Waals surface area contributed by atoms with Gasteiger partial charge in [0.05, 0.1) is 23.2 Å². The van der Waals surface area contributed by atoms with Gasteiger partial charge in [-0.25, -0.2) is 19.3 Å². The lowest BCUT2D eigenvalue weighted by Crippen LogP contribution is -2.08. The summed E-state index contributed by atoms with van der Waals surface area (Å²) in [5.74, 6) is 0.409. The van der Waals surface area contributed by atoms with E-state index >= 15 is 0 Å². The number of nitrogens with zero attached hydrogens (tertiary/aromatic N) is 4. The first kappa shape index (κ1) is 20.0. The molecule has 4 rings (SSSR count). The largest absolute Gasteiger partial charge is 0.496 e. The molecule has 2 aromatic carbocycles. The molecule has 2 heterocycles. The Morgan fingerprint density at radius 1 is 1.20 bits per heavy atom. The number of hydrogen-bond donors (Lipinski definition) is 0. The Bertz CT molecular complexity index is 1290. The molecule has 0 aliphatic rings. The monoisotopic (exact) mass is 424 g/mol. The Morgan fingerprint density at radius 2 is 2.00 bits per heavy atom. The summed E-state index contributed by atoms with van der Waals surface area (Å²) in [6.07, 6.45) is 1.46. The molecule has 0 saturated carbocycles. The summed E-state index contributed by atoms with van der Waals surface area (Å²) in [5, 5.41) is 0.439. The number of Topliss-reactive ketones (excluding diaryl/α,β-unsaturated/α-hetero) is 1. The molecular formula is C22H18ClFN4O2. The van der Waals surface area contributed by atoms with Gasteiger partial charge in [0.15, 0.2) is 11.6 Å². The fourth-order valence-electron chi connectivity index (χ4n) is 3.31. The second kappa shape index (κ2) is 7.84. The lowest BCUT2D eigenvalue weighted by Gasteiger charge is -2.09. The molecule has 152 valence electrons. The minimum atomic E-state index is -0.530. The fourth-order valence-corrected chi connectivity index (χ4v) is 3.58. The lowest BCUT2D eigenvalue weighted by molar-refractivity contribution is 0.0988. The lowest BCUT2D eigenvalue weighted by atomic mass is 10.1. The number of rotatable bonds is 5. The van der Waals surface area contributed by atoms with Crippen LogP contribution in [0, 0.1) is 12.7 Å². The average molecular weight is 425 g/mol. The number of ketones is 1. The van der Waals surface area contributed by atoms with E-state index in [2.05, 4.69) is 15.0 Å². The Balaban J connectivity index is 1.68. The van der Waals surface area contributed by atoms with Gasteiger partial charge in [-0.1, -0.05) is 23.7 Å². The van der Waals surface area contributed by atoms with Crippen molar-refractivity contribution >= 4 is 28.4 Å². The van der Waals surface area contributed by atoms with Gasteiger partial charge in [0, 0.05) is 19.7 Å². The summed E-state index contributed by atoms with van der Waals surface area (Å²) in [6, 6.07) is 9.63. The zero-order valence-electron chi connectivity index (χ0n) is 16.6. The number of hydrogen-bond acceptors (Lipinski definition) is 5. The van der Waals surface area contributed by atoms with Gasteiger partial charge in [0.1, 0.15) is 28.6 Å². The molecule has 0 N–H and O–H groups in total. The molecule has 0 aliphatic carbocycles. The van der Waals surface area contributed by atoms with Crippen LogP contribution in [0.15, 0.2) is 42.6 Å². The SMILES string of the molecule is COc1cccc(F)c1-c1nccc(C(=O)Cc2ccc3c(nc(C)n3C)c2Cl)n1. The van der Waals surface area contributed by atoms with Crippen LogP contribution in [-0.4, -0.2) is 32.4 Å². The van der Waals surface area contributed by atoms with Crippen molar-refractivity contribution in [1.82, 2.24) is 19.5 Å². The highest BCUT2D eigenvalue weighted by molar-refractivity contribution is 6.36. The smallest absolute Gasteiger partial charge is 0.185 e. The summed E-state index contributed by atoms with van der Waals surface area (Å²) in [6.45, 7) is 1.89. The quantitative estimate of drug-likeness (QED) is 0.439. The van der Waals surface area contributed by atoms with Crippen LogP contribution >= 0.6 is 11.6 Å². The van der Waals surface area contributed by atoms with Crippen molar-refractivity contribution < 1.29 is 13.9 Å². The molecule has 0 aliphatic heterocycles. The van der Waals surface area contributed by atoms with Crippen molar-refractivity contribution in [3.8, 4) is 17.1 Å². The number of aryl methyl sites for hydroxylation is 2. The molecule has 0 saturated heterocycles. The van der Waals surface area contributed by atoms with Gasteiger partial charge < -0.3 is 9.30 Å². The summed E-state index contributed by atoms with van der Waals surface area (Å²) >= 11 is 6.52. The van der Waals surface area contributed by atoms with E-state index in [0.29, 0.717) is 21.9 Å². The zero-order chi connectivity index (χ0) is 21.4. The normalized spacial score (nSPS) is 11.1. The van der Waals surface area contributed by atoms with E-state index in [4.69, 9.17) is 16.3 Å². The number of benzene rings is 2. The predicted molar refractivity (Wildman–Crippen MR) is 112 cm³/mol. The van der Waals surface area contributed by atoms with Crippen LogP contribution in [0.5, 0.6) is 5.75 Å². The standard InChI is InChI=1S/C22H18ClFN4O2/c1-12-26-21-16(28(12)2)8-7-13(20(21)23)11-17(29)15-9-10-25-22(27-15)19-14(24)5-4-6-18(19)30-3/h4-10H,11H2,1-3H3. The van der Waals surface area contributed by atoms with Crippen LogP contribution in [-0.2, 0) is 13.5 Å². The van der Waals surface area contributed by atoms with E-state index in [1.54, 1.807) is 6.07 Å². The third kappa shape index (κ3) is 3.41. The maximum atomic E-state index is 14.4. The van der Waals surface area contributed by atoms with Crippen molar-refractivity contribution in [2.75, 3.05) is 7.11 Å². The number of carbonyl (C=O) groups is 1. The molecule has 0 radical (unpaired) electrons. The molecule has 6 nitrogen and oxygen atoms in total. The first-order valence-electron chi connectivity index (χ1n) is 9.20. The minimum Gasteiger partial charge on any atom is -0.496 e. The number of imidazole rings is 1. The van der Waals surface area contributed by atoms with Crippen molar-refractivity contribution in [1.29, 1.82) is 0 Å². The number of carbonyl (C=O) groups excluding carboxylic acids is 1. The Kier molecular flexibility index (Phi) is 5.22. The van der Waals surface area contributed by atoms with Gasteiger partial charge >= 0.3 is 0 Å². The van der Waals surface area contributed by atoms with E-state index in [0.717, 1.165) is 11.3 Å². The highest BCUT2D eigenvalue weighted by atomic mass is 35.5. The third-order valence-electron chi connectivity index (χ3n) is 5.01. The molecular weight excluding hydrogens is 407 g/mol. The van der Waals surface area contributed by atoms with Crippen LogP contribution in [0.2, 0.25) is 5.02 Å². The molecule has 2 aromatic heterocycles. The molecule has 0 spiro atoms. The average Bonchev–Trinajstić information content (AvgIpc) is 3.04. The zero-order valence-corrected chi connectivity index (χ0v) is 17.4. The maximum Gasteiger partial charge on any atom is 0.185 e. The van der Waals surface area contributed by atoms with Gasteiger partial charge in [0.25, 0.3) is 0 Å². The molecule has 30 heavy (non-hydrogen) atoms. The number of fused-ring (bicyclic) bond motifs is 1. The first-order chi connectivity index (χ1) is 14.4. The van der Waals surface area contributed by atoms with Crippen LogP contribution in [0.3, 0.4) is 0 Å². The second-order valence-electron chi connectivity index (χ2n) is 6.81. The van der Waals surface area contributed by atoms with Crippen LogP contribution in [0.4, 0.5) is 4.39 Å². The van der Waals surface area contributed by atoms with Crippen molar-refractivity contribution in [3.63, 3.8) is 0 Å². The van der Waals surface area contributed by atoms with E-state index < -0.39 is 5.82 Å². The summed E-state index contributed by atoms with van der Waals surface area (Å²) in [4.78, 5) is 25.8. The van der Waals surface area contributed by atoms with Gasteiger partial charge in [-0.3, -0.25) is 4.79 Å². The molecule has 4 aromatic rings. The van der Waals surface area contributed by atoms with Crippen molar-refractivity contribution in [2.24, 2.45) is 7.05 Å². The Labute approximate surface area is 177 Å². The summed E-state index contributed by atoms with van der Waals surface area (Å²) in [7, 11) is 3.34. The van der Waals surface area contributed by atoms with Crippen LogP contribution in [0.1, 0.15) is 21.9 Å². The van der Waals surface area contributed by atoms with Crippen LogP contribution < -0.4 is 4.74 Å². The molecule has 8 heteroatoms. The highest BCUT2D eigenvalue weighted by Crippen LogP contribution is 2.31. The molecule has 0 atom stereocenters. The van der Waals surface area contributed by atoms with Gasteiger partial charge in [-0.2, -0.15) is 0 Å². The van der Waals surface area contributed by atoms with E-state index in [1.165, 1.54) is 31.5 Å². The van der Waals surface area contributed by atoms with E-state index in [-0.39, 0.29) is 29.3 Å². The third-order valence-corrected chi connectivity index (χ3v) is 5.43. The fraction of sp³-hybridized carbons (Fsp3) is 0.182. The Hall–Kier alpha value is -3.32. The van der Waals surface area contributed by atoms with Gasteiger partial charge in [-0.15, -0.1) is 0 Å². The first-order valence-corrected chi connectivity index (χ1v) is 9.58. The molecule has 0 bridgehead atoms. The molecule has 0 unspecified atom stereocenters. The van der Waals surface area contributed by atoms with Gasteiger partial charge in [-0.05, 0) is 36.8 Å². The second-order valence-corrected chi connectivity index (χ2v) is 7.18. The molecule has 0 amide bonds. The summed E-state index contributed by atoms with van der Waals surface area (Å²) in [5.41, 5.74) is 2.47. The number of halogens is 2. The molecule has 0 fully saturated rings.